The van der Waals surface area contributed by atoms with E-state index in [1.807, 2.05) is 26.0 Å². The SMILES string of the molecule is C#CC(C)(CCCc1ccc(F)c(Oc2ccc(C)cc2)c1)c1ccc(OC(F)F)cc1. The molecule has 0 aromatic heterocycles. The summed E-state index contributed by atoms with van der Waals surface area (Å²) in [5.74, 6) is 3.25. The fourth-order valence-electron chi connectivity index (χ4n) is 3.46. The summed E-state index contributed by atoms with van der Waals surface area (Å²) in [7, 11) is 0. The van der Waals surface area contributed by atoms with E-state index in [1.165, 1.54) is 18.2 Å². The minimum Gasteiger partial charge on any atom is -0.454 e. The number of hydrogen-bond acceptors (Lipinski definition) is 2. The van der Waals surface area contributed by atoms with Crippen LogP contribution in [0, 0.1) is 25.1 Å². The van der Waals surface area contributed by atoms with Crippen molar-refractivity contribution in [3.63, 3.8) is 0 Å². The van der Waals surface area contributed by atoms with Crippen LogP contribution in [0.25, 0.3) is 0 Å². The molecule has 5 heteroatoms. The molecule has 0 saturated heterocycles. The average Bonchev–Trinajstić information content (AvgIpc) is 2.77. The molecule has 0 spiro atoms. The maximum absolute atomic E-state index is 14.2. The van der Waals surface area contributed by atoms with E-state index in [1.54, 1.807) is 36.4 Å². The zero-order valence-corrected chi connectivity index (χ0v) is 18.1. The van der Waals surface area contributed by atoms with Crippen molar-refractivity contribution < 1.29 is 22.6 Å². The molecule has 0 saturated carbocycles. The predicted octanol–water partition coefficient (Wildman–Crippen LogP) is 7.44. The van der Waals surface area contributed by atoms with E-state index in [0.29, 0.717) is 18.6 Å². The normalized spacial score (nSPS) is 12.8. The van der Waals surface area contributed by atoms with Crippen LogP contribution in [0.5, 0.6) is 17.2 Å². The summed E-state index contributed by atoms with van der Waals surface area (Å²) in [4.78, 5) is 0. The molecule has 3 aromatic carbocycles. The molecule has 3 aromatic rings. The lowest BCUT2D eigenvalue weighted by Gasteiger charge is -2.24. The van der Waals surface area contributed by atoms with Crippen molar-refractivity contribution in [3.05, 3.63) is 89.2 Å². The van der Waals surface area contributed by atoms with Gasteiger partial charge in [-0.25, -0.2) is 4.39 Å². The molecule has 0 fully saturated rings. The maximum Gasteiger partial charge on any atom is 0.387 e. The molecule has 0 amide bonds. The summed E-state index contributed by atoms with van der Waals surface area (Å²) in [5.41, 5.74) is 2.32. The quantitative estimate of drug-likeness (QED) is 0.323. The maximum atomic E-state index is 14.2. The van der Waals surface area contributed by atoms with Crippen molar-refractivity contribution in [1.29, 1.82) is 0 Å². The van der Waals surface area contributed by atoms with Crippen LogP contribution in [0.15, 0.2) is 66.7 Å². The number of aryl methyl sites for hydroxylation is 2. The van der Waals surface area contributed by atoms with Crippen molar-refractivity contribution >= 4 is 0 Å². The molecular weight excluding hydrogens is 413 g/mol. The van der Waals surface area contributed by atoms with Crippen LogP contribution in [0.3, 0.4) is 0 Å². The van der Waals surface area contributed by atoms with Crippen LogP contribution in [-0.4, -0.2) is 6.61 Å². The number of terminal acetylenes is 1. The highest BCUT2D eigenvalue weighted by Crippen LogP contribution is 2.32. The number of halogens is 3. The smallest absolute Gasteiger partial charge is 0.387 e. The second-order valence-electron chi connectivity index (χ2n) is 7.91. The Balaban J connectivity index is 1.64. The second-order valence-corrected chi connectivity index (χ2v) is 7.91. The molecule has 1 unspecified atom stereocenters. The van der Waals surface area contributed by atoms with Gasteiger partial charge in [-0.1, -0.05) is 41.8 Å². The zero-order valence-electron chi connectivity index (χ0n) is 18.1. The minimum absolute atomic E-state index is 0.0931. The molecule has 0 N–H and O–H groups in total. The van der Waals surface area contributed by atoms with Crippen LogP contribution in [0.2, 0.25) is 0 Å². The van der Waals surface area contributed by atoms with Gasteiger partial charge in [0, 0.05) is 0 Å². The van der Waals surface area contributed by atoms with Gasteiger partial charge in [0.2, 0.25) is 0 Å². The molecule has 0 bridgehead atoms. The van der Waals surface area contributed by atoms with Gasteiger partial charge in [-0.15, -0.1) is 6.42 Å². The lowest BCUT2D eigenvalue weighted by Crippen LogP contribution is -2.19. The van der Waals surface area contributed by atoms with Gasteiger partial charge in [0.25, 0.3) is 0 Å². The molecule has 0 aliphatic heterocycles. The summed E-state index contributed by atoms with van der Waals surface area (Å²) in [5, 5.41) is 0. The number of rotatable bonds is 9. The second kappa shape index (κ2) is 10.3. The standard InChI is InChI=1S/C27H25F3O2/c1-4-27(3,21-10-14-23(15-11-21)32-26(29)30)17-5-6-20-9-16-24(28)25(18-20)31-22-12-7-19(2)8-13-22/h1,7-16,18,26H,5-6,17H2,2-3H3. The van der Waals surface area contributed by atoms with Gasteiger partial charge in [-0.3, -0.25) is 0 Å². The van der Waals surface area contributed by atoms with Gasteiger partial charge in [0.1, 0.15) is 11.5 Å². The van der Waals surface area contributed by atoms with E-state index in [9.17, 15) is 13.2 Å². The van der Waals surface area contributed by atoms with Gasteiger partial charge in [0.05, 0.1) is 5.41 Å². The minimum atomic E-state index is -2.87. The Morgan fingerprint density at radius 1 is 0.969 bits per heavy atom. The van der Waals surface area contributed by atoms with Crippen molar-refractivity contribution in [1.82, 2.24) is 0 Å². The average molecular weight is 438 g/mol. The van der Waals surface area contributed by atoms with Gasteiger partial charge in [0.15, 0.2) is 11.6 Å². The Morgan fingerprint density at radius 2 is 1.62 bits per heavy atom. The van der Waals surface area contributed by atoms with E-state index < -0.39 is 17.8 Å². The Labute approximate surface area is 187 Å². The Hall–Kier alpha value is -3.39. The third-order valence-electron chi connectivity index (χ3n) is 5.42. The van der Waals surface area contributed by atoms with Crippen LogP contribution < -0.4 is 9.47 Å². The topological polar surface area (TPSA) is 18.5 Å². The van der Waals surface area contributed by atoms with E-state index >= 15 is 0 Å². The highest BCUT2D eigenvalue weighted by molar-refractivity contribution is 5.38. The molecule has 32 heavy (non-hydrogen) atoms. The number of ether oxygens (including phenoxy) is 2. The van der Waals surface area contributed by atoms with E-state index in [2.05, 4.69) is 10.7 Å². The molecule has 3 rings (SSSR count). The number of benzene rings is 3. The van der Waals surface area contributed by atoms with E-state index in [0.717, 1.165) is 23.1 Å². The van der Waals surface area contributed by atoms with Crippen LogP contribution in [0.1, 0.15) is 36.5 Å². The molecule has 0 heterocycles. The summed E-state index contributed by atoms with van der Waals surface area (Å²) < 4.78 is 49.0. The molecule has 1 atom stereocenters. The van der Waals surface area contributed by atoms with Crippen LogP contribution in [-0.2, 0) is 11.8 Å². The van der Waals surface area contributed by atoms with Crippen molar-refractivity contribution in [2.24, 2.45) is 0 Å². The molecule has 166 valence electrons. The molecule has 0 aliphatic rings. The summed E-state index contributed by atoms with van der Waals surface area (Å²) in [6, 6.07) is 18.7. The van der Waals surface area contributed by atoms with Crippen molar-refractivity contribution in [2.75, 3.05) is 0 Å². The molecular formula is C27H25F3O2. The Morgan fingerprint density at radius 3 is 2.25 bits per heavy atom. The van der Waals surface area contributed by atoms with Crippen molar-refractivity contribution in [3.8, 4) is 29.6 Å². The van der Waals surface area contributed by atoms with Crippen LogP contribution in [0.4, 0.5) is 13.2 Å². The third kappa shape index (κ3) is 6.07. The lowest BCUT2D eigenvalue weighted by atomic mass is 9.78. The molecule has 0 aliphatic carbocycles. The van der Waals surface area contributed by atoms with Gasteiger partial charge in [-0.05, 0) is 80.6 Å². The van der Waals surface area contributed by atoms with E-state index in [4.69, 9.17) is 11.2 Å². The van der Waals surface area contributed by atoms with Gasteiger partial charge in [-0.2, -0.15) is 8.78 Å². The fraction of sp³-hybridized carbons (Fsp3) is 0.259. The van der Waals surface area contributed by atoms with Gasteiger partial charge < -0.3 is 9.47 Å². The monoisotopic (exact) mass is 438 g/mol. The highest BCUT2D eigenvalue weighted by atomic mass is 19.3. The van der Waals surface area contributed by atoms with Gasteiger partial charge >= 0.3 is 6.61 Å². The largest absolute Gasteiger partial charge is 0.454 e. The fourth-order valence-corrected chi connectivity index (χ4v) is 3.46. The summed E-state index contributed by atoms with van der Waals surface area (Å²) >= 11 is 0. The zero-order chi connectivity index (χ0) is 23.1. The first-order chi connectivity index (χ1) is 15.3. The highest BCUT2D eigenvalue weighted by Gasteiger charge is 2.24. The lowest BCUT2D eigenvalue weighted by molar-refractivity contribution is -0.0498. The van der Waals surface area contributed by atoms with Crippen molar-refractivity contribution in [2.45, 2.75) is 45.1 Å². The number of hydrogen-bond donors (Lipinski definition) is 0. The molecule has 2 nitrogen and oxygen atoms in total. The number of alkyl halides is 2. The Bertz CT molecular complexity index is 1070. The first kappa shape index (κ1) is 23.3. The first-order valence-corrected chi connectivity index (χ1v) is 10.4. The van der Waals surface area contributed by atoms with Crippen LogP contribution >= 0.6 is 0 Å². The Kier molecular flexibility index (Phi) is 7.48. The summed E-state index contributed by atoms with van der Waals surface area (Å²) in [6.07, 6.45) is 7.92. The summed E-state index contributed by atoms with van der Waals surface area (Å²) in [6.45, 7) is 1.04. The third-order valence-corrected chi connectivity index (χ3v) is 5.42. The predicted molar refractivity (Wildman–Crippen MR) is 120 cm³/mol. The first-order valence-electron chi connectivity index (χ1n) is 10.4. The van der Waals surface area contributed by atoms with E-state index in [-0.39, 0.29) is 11.5 Å². The molecule has 0 radical (unpaired) electrons.